The molecule has 108 valence electrons. The summed E-state index contributed by atoms with van der Waals surface area (Å²) in [5, 5.41) is 11.8. The fraction of sp³-hybridized carbons (Fsp3) is 0.176. The van der Waals surface area contributed by atoms with E-state index in [1.807, 2.05) is 48.7 Å². The number of ether oxygens (including phenoxy) is 2. The molecule has 2 aromatic carbocycles. The second kappa shape index (κ2) is 5.50. The third-order valence-electron chi connectivity index (χ3n) is 3.65. The number of aliphatic hydroxyl groups is 1. The van der Waals surface area contributed by atoms with Crippen LogP contribution in [-0.2, 0) is 0 Å². The average molecular weight is 283 g/mol. The fourth-order valence-corrected chi connectivity index (χ4v) is 2.64. The van der Waals surface area contributed by atoms with Crippen LogP contribution in [0, 0.1) is 0 Å². The third kappa shape index (κ3) is 2.23. The van der Waals surface area contributed by atoms with E-state index < -0.39 is 6.10 Å². The Bertz CT molecular complexity index is 764. The zero-order valence-electron chi connectivity index (χ0n) is 12.0. The number of aliphatic hydroxyl groups excluding tert-OH is 1. The molecule has 3 aromatic rings. The van der Waals surface area contributed by atoms with E-state index in [4.69, 9.17) is 9.47 Å². The lowest BCUT2D eigenvalue weighted by Crippen LogP contribution is -2.04. The second-order valence-electron chi connectivity index (χ2n) is 4.77. The standard InChI is InChI=1S/C17H17NO3/c1-20-15-8-4-6-13(17(15)21-2)16(19)12-5-3-7-14-11(12)9-10-18-14/h3-10,16,18-19H,1-2H3. The topological polar surface area (TPSA) is 54.5 Å². The fourth-order valence-electron chi connectivity index (χ4n) is 2.64. The van der Waals surface area contributed by atoms with Crippen LogP contribution in [0.1, 0.15) is 17.2 Å². The van der Waals surface area contributed by atoms with Gasteiger partial charge in [0.15, 0.2) is 11.5 Å². The number of aromatic amines is 1. The molecular weight excluding hydrogens is 266 g/mol. The molecule has 0 amide bonds. The van der Waals surface area contributed by atoms with E-state index in [1.165, 1.54) is 0 Å². The predicted molar refractivity (Wildman–Crippen MR) is 81.9 cm³/mol. The summed E-state index contributed by atoms with van der Waals surface area (Å²) >= 11 is 0. The molecule has 0 spiro atoms. The first-order valence-corrected chi connectivity index (χ1v) is 6.71. The van der Waals surface area contributed by atoms with E-state index in [9.17, 15) is 5.11 Å². The van der Waals surface area contributed by atoms with Gasteiger partial charge in [-0.15, -0.1) is 0 Å². The highest BCUT2D eigenvalue weighted by atomic mass is 16.5. The summed E-state index contributed by atoms with van der Waals surface area (Å²) in [6.07, 6.45) is 1.08. The minimum absolute atomic E-state index is 0.556. The van der Waals surface area contributed by atoms with Gasteiger partial charge in [-0.05, 0) is 23.8 Å². The first kappa shape index (κ1) is 13.5. The molecule has 0 saturated heterocycles. The molecule has 21 heavy (non-hydrogen) atoms. The van der Waals surface area contributed by atoms with Gasteiger partial charge in [0.2, 0.25) is 0 Å². The quantitative estimate of drug-likeness (QED) is 0.772. The summed E-state index contributed by atoms with van der Waals surface area (Å²) in [5.74, 6) is 1.16. The molecule has 4 nitrogen and oxygen atoms in total. The lowest BCUT2D eigenvalue weighted by molar-refractivity contribution is 0.214. The van der Waals surface area contributed by atoms with E-state index >= 15 is 0 Å². The van der Waals surface area contributed by atoms with E-state index in [-0.39, 0.29) is 0 Å². The number of para-hydroxylation sites is 1. The molecule has 0 bridgehead atoms. The first-order valence-electron chi connectivity index (χ1n) is 6.71. The van der Waals surface area contributed by atoms with Gasteiger partial charge in [0.05, 0.1) is 14.2 Å². The van der Waals surface area contributed by atoms with Gasteiger partial charge in [-0.1, -0.05) is 24.3 Å². The number of hydrogen-bond donors (Lipinski definition) is 2. The molecule has 1 heterocycles. The molecule has 0 aliphatic rings. The minimum atomic E-state index is -0.783. The van der Waals surface area contributed by atoms with Crippen molar-refractivity contribution in [2.24, 2.45) is 0 Å². The average Bonchev–Trinajstić information content (AvgIpc) is 3.01. The number of benzene rings is 2. The van der Waals surface area contributed by atoms with Gasteiger partial charge in [0.1, 0.15) is 6.10 Å². The summed E-state index contributed by atoms with van der Waals surface area (Å²) in [7, 11) is 3.16. The van der Waals surface area contributed by atoms with Crippen LogP contribution in [0.4, 0.5) is 0 Å². The zero-order chi connectivity index (χ0) is 14.8. The molecule has 0 fully saturated rings. The highest BCUT2D eigenvalue weighted by Gasteiger charge is 2.20. The van der Waals surface area contributed by atoms with Crippen molar-refractivity contribution in [3.05, 3.63) is 59.8 Å². The normalized spacial score (nSPS) is 12.3. The van der Waals surface area contributed by atoms with Crippen molar-refractivity contribution in [1.82, 2.24) is 4.98 Å². The maximum absolute atomic E-state index is 10.8. The Kier molecular flexibility index (Phi) is 3.54. The Balaban J connectivity index is 2.14. The van der Waals surface area contributed by atoms with Crippen LogP contribution in [0.15, 0.2) is 48.7 Å². The molecule has 0 aliphatic heterocycles. The van der Waals surface area contributed by atoms with Gasteiger partial charge < -0.3 is 19.6 Å². The SMILES string of the molecule is COc1cccc(C(O)c2cccc3[nH]ccc23)c1OC. The van der Waals surface area contributed by atoms with Crippen LogP contribution in [0.25, 0.3) is 10.9 Å². The number of H-pyrrole nitrogens is 1. The molecule has 1 atom stereocenters. The Hall–Kier alpha value is -2.46. The molecule has 0 aliphatic carbocycles. The molecule has 2 N–H and O–H groups in total. The van der Waals surface area contributed by atoms with Gasteiger partial charge in [-0.3, -0.25) is 0 Å². The Labute approximate surface area is 122 Å². The zero-order valence-corrected chi connectivity index (χ0v) is 12.0. The van der Waals surface area contributed by atoms with Crippen LogP contribution in [-0.4, -0.2) is 24.3 Å². The Morgan fingerprint density at radius 1 is 0.952 bits per heavy atom. The van der Waals surface area contributed by atoms with Crippen molar-refractivity contribution < 1.29 is 14.6 Å². The molecular formula is C17H17NO3. The summed E-state index contributed by atoms with van der Waals surface area (Å²) in [6, 6.07) is 13.3. The summed E-state index contributed by atoms with van der Waals surface area (Å²) < 4.78 is 10.7. The first-order chi connectivity index (χ1) is 10.3. The number of hydrogen-bond acceptors (Lipinski definition) is 3. The number of fused-ring (bicyclic) bond motifs is 1. The van der Waals surface area contributed by atoms with Crippen molar-refractivity contribution in [3.63, 3.8) is 0 Å². The lowest BCUT2D eigenvalue weighted by Gasteiger charge is -2.18. The van der Waals surface area contributed by atoms with Gasteiger partial charge in [0.25, 0.3) is 0 Å². The van der Waals surface area contributed by atoms with Gasteiger partial charge in [0, 0.05) is 22.7 Å². The van der Waals surface area contributed by atoms with E-state index in [0.717, 1.165) is 16.5 Å². The van der Waals surface area contributed by atoms with Crippen LogP contribution >= 0.6 is 0 Å². The van der Waals surface area contributed by atoms with Gasteiger partial charge >= 0.3 is 0 Å². The summed E-state index contributed by atoms with van der Waals surface area (Å²) in [4.78, 5) is 3.15. The number of nitrogens with one attached hydrogen (secondary N) is 1. The van der Waals surface area contributed by atoms with Crippen LogP contribution in [0.3, 0.4) is 0 Å². The molecule has 1 aromatic heterocycles. The number of aromatic nitrogens is 1. The molecule has 0 saturated carbocycles. The van der Waals surface area contributed by atoms with E-state index in [0.29, 0.717) is 17.1 Å². The van der Waals surface area contributed by atoms with Gasteiger partial charge in [-0.2, -0.15) is 0 Å². The highest BCUT2D eigenvalue weighted by Crippen LogP contribution is 2.38. The van der Waals surface area contributed by atoms with Crippen LogP contribution < -0.4 is 9.47 Å². The van der Waals surface area contributed by atoms with Crippen molar-refractivity contribution in [2.75, 3.05) is 14.2 Å². The van der Waals surface area contributed by atoms with Crippen LogP contribution in [0.2, 0.25) is 0 Å². The van der Waals surface area contributed by atoms with Gasteiger partial charge in [-0.25, -0.2) is 0 Å². The van der Waals surface area contributed by atoms with Crippen molar-refractivity contribution >= 4 is 10.9 Å². The monoisotopic (exact) mass is 283 g/mol. The third-order valence-corrected chi connectivity index (χ3v) is 3.65. The van der Waals surface area contributed by atoms with Crippen molar-refractivity contribution in [1.29, 1.82) is 0 Å². The maximum atomic E-state index is 10.8. The van der Waals surface area contributed by atoms with Crippen LogP contribution in [0.5, 0.6) is 11.5 Å². The Morgan fingerprint density at radius 2 is 1.71 bits per heavy atom. The smallest absolute Gasteiger partial charge is 0.166 e. The highest BCUT2D eigenvalue weighted by molar-refractivity contribution is 5.83. The van der Waals surface area contributed by atoms with Crippen molar-refractivity contribution in [2.45, 2.75) is 6.10 Å². The Morgan fingerprint density at radius 3 is 2.48 bits per heavy atom. The maximum Gasteiger partial charge on any atom is 0.166 e. The molecule has 1 unspecified atom stereocenters. The number of rotatable bonds is 4. The second-order valence-corrected chi connectivity index (χ2v) is 4.77. The summed E-state index contributed by atoms with van der Waals surface area (Å²) in [5.41, 5.74) is 2.51. The van der Waals surface area contributed by atoms with E-state index in [2.05, 4.69) is 4.98 Å². The predicted octanol–water partition coefficient (Wildman–Crippen LogP) is 3.27. The van der Waals surface area contributed by atoms with E-state index in [1.54, 1.807) is 14.2 Å². The lowest BCUT2D eigenvalue weighted by atomic mass is 9.97. The number of methoxy groups -OCH3 is 2. The van der Waals surface area contributed by atoms with Crippen molar-refractivity contribution in [3.8, 4) is 11.5 Å². The summed E-state index contributed by atoms with van der Waals surface area (Å²) in [6.45, 7) is 0. The largest absolute Gasteiger partial charge is 0.493 e. The molecule has 3 rings (SSSR count). The molecule has 4 heteroatoms. The minimum Gasteiger partial charge on any atom is -0.493 e. The molecule has 0 radical (unpaired) electrons.